The van der Waals surface area contributed by atoms with E-state index < -0.39 is 0 Å². The first-order valence-corrected chi connectivity index (χ1v) is 9.91. The number of urea groups is 1. The van der Waals surface area contributed by atoms with E-state index in [1.165, 1.54) is 5.56 Å². The summed E-state index contributed by atoms with van der Waals surface area (Å²) in [5.41, 5.74) is 11.6. The molecule has 4 rings (SSSR count). The molecule has 2 unspecified atom stereocenters. The van der Waals surface area contributed by atoms with Crippen molar-refractivity contribution in [2.45, 2.75) is 32.7 Å². The SMILES string of the molecule is Cc1ccccc1COc1ccc2ccccc2c1/C=N/NC1NC(=O)NNC1C. The fraction of sp³-hybridized carbons (Fsp3) is 0.217. The Kier molecular flexibility index (Phi) is 5.81. The average Bonchev–Trinajstić information content (AvgIpc) is 2.76. The van der Waals surface area contributed by atoms with Crippen LogP contribution < -0.4 is 26.3 Å². The van der Waals surface area contributed by atoms with Crippen LogP contribution in [0.15, 0.2) is 65.8 Å². The second-order valence-corrected chi connectivity index (χ2v) is 7.31. The molecule has 1 aliphatic heterocycles. The number of carbonyl (C=O) groups is 1. The van der Waals surface area contributed by atoms with Crippen molar-refractivity contribution < 1.29 is 9.53 Å². The first-order chi connectivity index (χ1) is 14.6. The number of hydrazone groups is 1. The molecule has 154 valence electrons. The van der Waals surface area contributed by atoms with E-state index in [0.29, 0.717) is 6.61 Å². The Balaban J connectivity index is 1.59. The summed E-state index contributed by atoms with van der Waals surface area (Å²) in [5.74, 6) is 0.753. The largest absolute Gasteiger partial charge is 0.488 e. The zero-order valence-corrected chi connectivity index (χ0v) is 17.0. The Morgan fingerprint density at radius 3 is 2.77 bits per heavy atom. The zero-order chi connectivity index (χ0) is 20.9. The third-order valence-electron chi connectivity index (χ3n) is 5.18. The number of fused-ring (bicyclic) bond motifs is 1. The van der Waals surface area contributed by atoms with Gasteiger partial charge in [-0.2, -0.15) is 5.10 Å². The lowest BCUT2D eigenvalue weighted by Crippen LogP contribution is -2.67. The summed E-state index contributed by atoms with van der Waals surface area (Å²) in [6.45, 7) is 4.49. The van der Waals surface area contributed by atoms with E-state index in [-0.39, 0.29) is 18.2 Å². The summed E-state index contributed by atoms with van der Waals surface area (Å²) >= 11 is 0. The first kappa shape index (κ1) is 19.7. The molecule has 1 saturated heterocycles. The molecule has 1 fully saturated rings. The highest BCUT2D eigenvalue weighted by molar-refractivity contribution is 6.02. The van der Waals surface area contributed by atoms with Crippen LogP contribution in [0.3, 0.4) is 0 Å². The van der Waals surface area contributed by atoms with Crippen LogP contribution in [-0.4, -0.2) is 24.5 Å². The number of hydrogen-bond acceptors (Lipinski definition) is 5. The molecule has 2 atom stereocenters. The van der Waals surface area contributed by atoms with Gasteiger partial charge in [0.05, 0.1) is 12.3 Å². The van der Waals surface area contributed by atoms with Crippen molar-refractivity contribution in [2.75, 3.05) is 0 Å². The molecule has 0 aromatic heterocycles. The van der Waals surface area contributed by atoms with E-state index in [0.717, 1.165) is 27.6 Å². The van der Waals surface area contributed by atoms with Crippen molar-refractivity contribution in [3.63, 3.8) is 0 Å². The molecule has 0 spiro atoms. The van der Waals surface area contributed by atoms with Crippen molar-refractivity contribution in [2.24, 2.45) is 5.10 Å². The predicted molar refractivity (Wildman–Crippen MR) is 118 cm³/mol. The number of carbonyl (C=O) groups excluding carboxylic acids is 1. The van der Waals surface area contributed by atoms with Crippen LogP contribution in [0.1, 0.15) is 23.6 Å². The highest BCUT2D eigenvalue weighted by Gasteiger charge is 2.23. The van der Waals surface area contributed by atoms with E-state index in [2.05, 4.69) is 51.8 Å². The van der Waals surface area contributed by atoms with Gasteiger partial charge in [-0.05, 0) is 41.8 Å². The summed E-state index contributed by atoms with van der Waals surface area (Å²) in [6, 6.07) is 20.0. The third kappa shape index (κ3) is 4.36. The minimum atomic E-state index is -0.332. The zero-order valence-electron chi connectivity index (χ0n) is 17.0. The summed E-state index contributed by atoms with van der Waals surface area (Å²) in [7, 11) is 0. The van der Waals surface area contributed by atoms with E-state index in [1.807, 2.05) is 49.4 Å². The highest BCUT2D eigenvalue weighted by Crippen LogP contribution is 2.27. The van der Waals surface area contributed by atoms with Crippen molar-refractivity contribution >= 4 is 23.0 Å². The molecule has 1 heterocycles. The number of benzene rings is 3. The maximum atomic E-state index is 11.5. The van der Waals surface area contributed by atoms with Gasteiger partial charge in [-0.15, -0.1) is 0 Å². The molecule has 0 aliphatic carbocycles. The van der Waals surface area contributed by atoms with E-state index >= 15 is 0 Å². The molecule has 1 aliphatic rings. The van der Waals surface area contributed by atoms with Gasteiger partial charge in [0.1, 0.15) is 18.5 Å². The smallest absolute Gasteiger partial charge is 0.330 e. The normalized spacial score (nSPS) is 18.8. The summed E-state index contributed by atoms with van der Waals surface area (Å²) < 4.78 is 6.18. The molecule has 2 amide bonds. The summed E-state index contributed by atoms with van der Waals surface area (Å²) in [5, 5.41) is 9.34. The number of hydrazine groups is 1. The molecule has 0 radical (unpaired) electrons. The Bertz CT molecular complexity index is 1080. The number of aryl methyl sites for hydroxylation is 1. The van der Waals surface area contributed by atoms with Crippen LogP contribution in [0.4, 0.5) is 4.79 Å². The van der Waals surface area contributed by atoms with Gasteiger partial charge in [0.15, 0.2) is 0 Å². The first-order valence-electron chi connectivity index (χ1n) is 9.91. The standard InChI is InChI=1S/C23H25N5O2/c1-15-7-3-4-9-18(15)14-30-21-12-11-17-8-5-6-10-19(17)20(21)13-24-27-22-16(2)26-28-23(29)25-22/h3-13,16,22,26-27H,14H2,1-2H3,(H2,25,28,29)/b24-13+. The van der Waals surface area contributed by atoms with Crippen LogP contribution in [0.25, 0.3) is 10.8 Å². The van der Waals surface area contributed by atoms with Gasteiger partial charge in [0.25, 0.3) is 0 Å². The van der Waals surface area contributed by atoms with Gasteiger partial charge < -0.3 is 10.1 Å². The molecule has 7 heteroatoms. The van der Waals surface area contributed by atoms with Gasteiger partial charge in [0, 0.05) is 5.56 Å². The average molecular weight is 403 g/mol. The van der Waals surface area contributed by atoms with Crippen molar-refractivity contribution in [3.05, 3.63) is 77.4 Å². The van der Waals surface area contributed by atoms with Crippen LogP contribution in [0, 0.1) is 6.92 Å². The van der Waals surface area contributed by atoms with Crippen molar-refractivity contribution in [1.29, 1.82) is 0 Å². The van der Waals surface area contributed by atoms with E-state index in [4.69, 9.17) is 4.74 Å². The second kappa shape index (κ2) is 8.84. The van der Waals surface area contributed by atoms with E-state index in [1.54, 1.807) is 6.21 Å². The number of hydrogen-bond donors (Lipinski definition) is 4. The minimum absolute atomic E-state index is 0.0378. The Labute approximate surface area is 175 Å². The molecule has 0 saturated carbocycles. The van der Waals surface area contributed by atoms with Gasteiger partial charge in [-0.25, -0.2) is 10.2 Å². The van der Waals surface area contributed by atoms with Crippen molar-refractivity contribution in [3.8, 4) is 5.75 Å². The number of ether oxygens (including phenoxy) is 1. The number of rotatable bonds is 6. The maximum Gasteiger partial charge on any atom is 0.330 e. The summed E-state index contributed by atoms with van der Waals surface area (Å²) in [4.78, 5) is 11.5. The third-order valence-corrected chi connectivity index (χ3v) is 5.18. The minimum Gasteiger partial charge on any atom is -0.488 e. The number of nitrogens with one attached hydrogen (secondary N) is 4. The van der Waals surface area contributed by atoms with Crippen LogP contribution >= 0.6 is 0 Å². The Hall–Kier alpha value is -3.58. The second-order valence-electron chi connectivity index (χ2n) is 7.31. The number of nitrogens with zero attached hydrogens (tertiary/aromatic N) is 1. The molecule has 30 heavy (non-hydrogen) atoms. The van der Waals surface area contributed by atoms with E-state index in [9.17, 15) is 4.79 Å². The fourth-order valence-corrected chi connectivity index (χ4v) is 3.35. The monoisotopic (exact) mass is 403 g/mol. The quantitative estimate of drug-likeness (QED) is 0.376. The molecular formula is C23H25N5O2. The summed E-state index contributed by atoms with van der Waals surface area (Å²) in [6.07, 6.45) is 1.41. The highest BCUT2D eigenvalue weighted by atomic mass is 16.5. The molecule has 7 nitrogen and oxygen atoms in total. The predicted octanol–water partition coefficient (Wildman–Crippen LogP) is 3.18. The Morgan fingerprint density at radius 1 is 1.10 bits per heavy atom. The van der Waals surface area contributed by atoms with Crippen LogP contribution in [-0.2, 0) is 6.61 Å². The molecular weight excluding hydrogens is 378 g/mol. The topological polar surface area (TPSA) is 86.8 Å². The lowest BCUT2D eigenvalue weighted by molar-refractivity contribution is 0.202. The van der Waals surface area contributed by atoms with Gasteiger partial charge >= 0.3 is 6.03 Å². The van der Waals surface area contributed by atoms with Crippen LogP contribution in [0.5, 0.6) is 5.75 Å². The van der Waals surface area contributed by atoms with Gasteiger partial charge in [-0.1, -0.05) is 54.6 Å². The van der Waals surface area contributed by atoms with Gasteiger partial charge in [0.2, 0.25) is 0 Å². The molecule has 3 aromatic rings. The lowest BCUT2D eigenvalue weighted by Gasteiger charge is -2.30. The Morgan fingerprint density at radius 2 is 1.90 bits per heavy atom. The maximum absolute atomic E-state index is 11.5. The van der Waals surface area contributed by atoms with Crippen LogP contribution in [0.2, 0.25) is 0 Å². The molecule has 0 bridgehead atoms. The van der Waals surface area contributed by atoms with Crippen molar-refractivity contribution in [1.82, 2.24) is 21.6 Å². The fourth-order valence-electron chi connectivity index (χ4n) is 3.35. The van der Waals surface area contributed by atoms with Gasteiger partial charge in [-0.3, -0.25) is 10.9 Å². The molecule has 3 aromatic carbocycles. The number of amides is 2. The molecule has 4 N–H and O–H groups in total. The lowest BCUT2D eigenvalue weighted by atomic mass is 10.0.